The van der Waals surface area contributed by atoms with Crippen molar-refractivity contribution in [3.05, 3.63) is 24.0 Å². The Kier molecular flexibility index (Phi) is 4.90. The van der Waals surface area contributed by atoms with Crippen molar-refractivity contribution in [2.75, 3.05) is 10.6 Å². The molecule has 5 nitrogen and oxygen atoms in total. The van der Waals surface area contributed by atoms with Gasteiger partial charge in [0, 0.05) is 24.6 Å². The molecule has 1 aromatic carbocycles. The van der Waals surface area contributed by atoms with Crippen LogP contribution in [0.15, 0.2) is 18.2 Å². The molecule has 0 radical (unpaired) electrons. The summed E-state index contributed by atoms with van der Waals surface area (Å²) in [6.07, 6.45) is 3.23. The summed E-state index contributed by atoms with van der Waals surface area (Å²) in [4.78, 5) is 23.2. The number of benzene rings is 1. The van der Waals surface area contributed by atoms with Gasteiger partial charge in [-0.05, 0) is 43.9 Å². The van der Waals surface area contributed by atoms with Crippen LogP contribution in [0.5, 0.6) is 0 Å². The average molecular weight is 293 g/mol. The van der Waals surface area contributed by atoms with Crippen molar-refractivity contribution >= 4 is 23.2 Å². The summed E-state index contributed by atoms with van der Waals surface area (Å²) in [5, 5.41) is 5.16. The second-order valence-corrected chi connectivity index (χ2v) is 5.48. The van der Waals surface area contributed by atoms with Gasteiger partial charge in [-0.1, -0.05) is 0 Å². The van der Waals surface area contributed by atoms with E-state index in [9.17, 15) is 14.0 Å². The van der Waals surface area contributed by atoms with Crippen LogP contribution in [0.2, 0.25) is 0 Å². The molecular weight excluding hydrogens is 273 g/mol. The van der Waals surface area contributed by atoms with Gasteiger partial charge >= 0.3 is 0 Å². The molecule has 0 saturated heterocycles. The van der Waals surface area contributed by atoms with Crippen LogP contribution in [-0.2, 0) is 9.59 Å². The molecule has 0 atom stereocenters. The average Bonchev–Trinajstić information content (AvgIpc) is 2.42. The predicted molar refractivity (Wildman–Crippen MR) is 79.3 cm³/mol. The van der Waals surface area contributed by atoms with Crippen molar-refractivity contribution in [3.63, 3.8) is 0 Å². The molecule has 0 aromatic heterocycles. The predicted octanol–water partition coefficient (Wildman–Crippen LogP) is 2.24. The van der Waals surface area contributed by atoms with E-state index in [1.54, 1.807) is 0 Å². The highest BCUT2D eigenvalue weighted by molar-refractivity contribution is 5.94. The van der Waals surface area contributed by atoms with Crippen LogP contribution in [0.1, 0.15) is 32.6 Å². The standard InChI is InChI=1S/C15H20FN3O2/c1-9(20)18-14-8-12(6-7-13(14)16)19-15(21)10-2-4-11(17)5-3-10/h6-8,10-11H,2-5,17H2,1H3,(H,18,20)(H,19,21). The first-order valence-corrected chi connectivity index (χ1v) is 7.09. The van der Waals surface area contributed by atoms with E-state index >= 15 is 0 Å². The molecule has 0 heterocycles. The number of hydrogen-bond donors (Lipinski definition) is 3. The minimum absolute atomic E-state index is 0.0564. The maximum absolute atomic E-state index is 13.5. The SMILES string of the molecule is CC(=O)Nc1cc(NC(=O)C2CCC(N)CC2)ccc1F. The Morgan fingerprint density at radius 2 is 1.86 bits per heavy atom. The van der Waals surface area contributed by atoms with Crippen LogP contribution >= 0.6 is 0 Å². The molecule has 2 rings (SSSR count). The van der Waals surface area contributed by atoms with Crippen LogP contribution in [0, 0.1) is 11.7 Å². The van der Waals surface area contributed by atoms with Crippen molar-refractivity contribution in [1.29, 1.82) is 0 Å². The van der Waals surface area contributed by atoms with Crippen LogP contribution in [0.4, 0.5) is 15.8 Å². The number of nitrogens with one attached hydrogen (secondary N) is 2. The van der Waals surface area contributed by atoms with Crippen molar-refractivity contribution < 1.29 is 14.0 Å². The molecule has 2 amide bonds. The molecule has 0 unspecified atom stereocenters. The number of nitrogens with two attached hydrogens (primary N) is 1. The van der Waals surface area contributed by atoms with Crippen LogP contribution in [-0.4, -0.2) is 17.9 Å². The fraction of sp³-hybridized carbons (Fsp3) is 0.467. The number of carbonyl (C=O) groups is 2. The Hall–Kier alpha value is -1.95. The summed E-state index contributed by atoms with van der Waals surface area (Å²) in [6.45, 7) is 1.30. The van der Waals surface area contributed by atoms with E-state index in [1.807, 2.05) is 0 Å². The molecule has 1 fully saturated rings. The van der Waals surface area contributed by atoms with Crippen molar-refractivity contribution in [2.45, 2.75) is 38.6 Å². The van der Waals surface area contributed by atoms with E-state index in [-0.39, 0.29) is 29.5 Å². The highest BCUT2D eigenvalue weighted by Crippen LogP contribution is 2.25. The maximum Gasteiger partial charge on any atom is 0.227 e. The number of rotatable bonds is 3. The van der Waals surface area contributed by atoms with Gasteiger partial charge in [0.2, 0.25) is 11.8 Å². The Labute approximate surface area is 123 Å². The number of hydrogen-bond acceptors (Lipinski definition) is 3. The molecule has 1 aromatic rings. The number of amides is 2. The lowest BCUT2D eigenvalue weighted by molar-refractivity contribution is -0.120. The number of carbonyl (C=O) groups excluding carboxylic acids is 2. The Morgan fingerprint density at radius 1 is 1.19 bits per heavy atom. The summed E-state index contributed by atoms with van der Waals surface area (Å²) in [5.41, 5.74) is 6.35. The summed E-state index contributed by atoms with van der Waals surface area (Å²) >= 11 is 0. The second kappa shape index (κ2) is 6.67. The Balaban J connectivity index is 2.02. The van der Waals surface area contributed by atoms with Gasteiger partial charge in [0.05, 0.1) is 5.69 Å². The lowest BCUT2D eigenvalue weighted by Gasteiger charge is -2.25. The van der Waals surface area contributed by atoms with Crippen LogP contribution < -0.4 is 16.4 Å². The molecule has 21 heavy (non-hydrogen) atoms. The summed E-state index contributed by atoms with van der Waals surface area (Å²) in [5.74, 6) is -1.04. The molecule has 0 aliphatic heterocycles. The second-order valence-electron chi connectivity index (χ2n) is 5.48. The van der Waals surface area contributed by atoms with E-state index in [4.69, 9.17) is 5.73 Å². The first-order chi connectivity index (χ1) is 9.95. The van der Waals surface area contributed by atoms with Crippen molar-refractivity contribution in [1.82, 2.24) is 0 Å². The zero-order valence-corrected chi connectivity index (χ0v) is 12.0. The maximum atomic E-state index is 13.5. The Morgan fingerprint density at radius 3 is 2.48 bits per heavy atom. The van der Waals surface area contributed by atoms with E-state index in [2.05, 4.69) is 10.6 Å². The van der Waals surface area contributed by atoms with E-state index in [1.165, 1.54) is 25.1 Å². The molecule has 4 N–H and O–H groups in total. The lowest BCUT2D eigenvalue weighted by Crippen LogP contribution is -2.32. The van der Waals surface area contributed by atoms with Gasteiger partial charge in [0.25, 0.3) is 0 Å². The third-order valence-electron chi connectivity index (χ3n) is 3.69. The first kappa shape index (κ1) is 15.4. The first-order valence-electron chi connectivity index (χ1n) is 7.09. The monoisotopic (exact) mass is 293 g/mol. The molecule has 114 valence electrons. The summed E-state index contributed by atoms with van der Waals surface area (Å²) in [7, 11) is 0. The van der Waals surface area contributed by atoms with Gasteiger partial charge < -0.3 is 16.4 Å². The third kappa shape index (κ3) is 4.26. The van der Waals surface area contributed by atoms with Gasteiger partial charge in [0.1, 0.15) is 5.82 Å². The van der Waals surface area contributed by atoms with E-state index in [0.29, 0.717) is 5.69 Å². The van der Waals surface area contributed by atoms with Crippen molar-refractivity contribution in [3.8, 4) is 0 Å². The van der Waals surface area contributed by atoms with E-state index in [0.717, 1.165) is 25.7 Å². The van der Waals surface area contributed by atoms with E-state index < -0.39 is 5.82 Å². The number of halogens is 1. The summed E-state index contributed by atoms with van der Waals surface area (Å²) < 4.78 is 13.5. The smallest absolute Gasteiger partial charge is 0.227 e. The van der Waals surface area contributed by atoms with Crippen LogP contribution in [0.3, 0.4) is 0 Å². The lowest BCUT2D eigenvalue weighted by atomic mass is 9.86. The molecule has 1 saturated carbocycles. The van der Waals surface area contributed by atoms with Crippen LogP contribution in [0.25, 0.3) is 0 Å². The zero-order valence-electron chi connectivity index (χ0n) is 12.0. The fourth-order valence-electron chi connectivity index (χ4n) is 2.51. The molecule has 0 spiro atoms. The fourth-order valence-corrected chi connectivity index (χ4v) is 2.51. The molecule has 1 aliphatic rings. The van der Waals surface area contributed by atoms with Gasteiger partial charge in [-0.25, -0.2) is 4.39 Å². The minimum Gasteiger partial charge on any atom is -0.328 e. The molecular formula is C15H20FN3O2. The highest BCUT2D eigenvalue weighted by Gasteiger charge is 2.24. The quantitative estimate of drug-likeness (QED) is 0.799. The zero-order chi connectivity index (χ0) is 15.4. The third-order valence-corrected chi connectivity index (χ3v) is 3.69. The van der Waals surface area contributed by atoms with Crippen molar-refractivity contribution in [2.24, 2.45) is 11.7 Å². The molecule has 1 aliphatic carbocycles. The highest BCUT2D eigenvalue weighted by atomic mass is 19.1. The normalized spacial score (nSPS) is 21.7. The molecule has 0 bridgehead atoms. The topological polar surface area (TPSA) is 84.2 Å². The minimum atomic E-state index is -0.535. The Bertz CT molecular complexity index is 540. The number of anilines is 2. The largest absolute Gasteiger partial charge is 0.328 e. The summed E-state index contributed by atoms with van der Waals surface area (Å²) in [6, 6.07) is 4.31. The van der Waals surface area contributed by atoms with Gasteiger partial charge in [-0.15, -0.1) is 0 Å². The van der Waals surface area contributed by atoms with Gasteiger partial charge in [-0.3, -0.25) is 9.59 Å². The van der Waals surface area contributed by atoms with Gasteiger partial charge in [0.15, 0.2) is 0 Å². The molecule has 6 heteroatoms. The van der Waals surface area contributed by atoms with Gasteiger partial charge in [-0.2, -0.15) is 0 Å².